The Hall–Kier alpha value is -1.36. The van der Waals surface area contributed by atoms with Gasteiger partial charge in [-0.3, -0.25) is 4.79 Å². The molecular formula is C14H19NO3S. The normalized spacial score (nSPS) is 16.0. The Morgan fingerprint density at radius 1 is 1.32 bits per heavy atom. The van der Waals surface area contributed by atoms with E-state index < -0.39 is 11.5 Å². The molecule has 2 rings (SSSR count). The van der Waals surface area contributed by atoms with E-state index in [-0.39, 0.29) is 5.91 Å². The first kappa shape index (κ1) is 14.1. The number of aryl methyl sites for hydroxylation is 1. The second kappa shape index (κ2) is 6.19. The molecule has 0 aliphatic heterocycles. The number of unbranched alkanes of at least 4 members (excludes halogenated alkanes) is 2. The van der Waals surface area contributed by atoms with Crippen LogP contribution in [0.15, 0.2) is 17.5 Å². The van der Waals surface area contributed by atoms with E-state index in [1.165, 1.54) is 4.88 Å². The maximum atomic E-state index is 11.6. The van der Waals surface area contributed by atoms with E-state index >= 15 is 0 Å². The van der Waals surface area contributed by atoms with Crippen LogP contribution in [-0.4, -0.2) is 22.5 Å². The topological polar surface area (TPSA) is 66.4 Å². The van der Waals surface area contributed by atoms with Crippen LogP contribution in [0.5, 0.6) is 0 Å². The minimum Gasteiger partial charge on any atom is -0.480 e. The van der Waals surface area contributed by atoms with Crippen LogP contribution < -0.4 is 5.32 Å². The highest BCUT2D eigenvalue weighted by Crippen LogP contribution is 2.35. The molecule has 1 aromatic rings. The smallest absolute Gasteiger partial charge is 0.329 e. The number of hydrogen-bond acceptors (Lipinski definition) is 3. The maximum Gasteiger partial charge on any atom is 0.329 e. The molecule has 0 saturated heterocycles. The molecule has 0 unspecified atom stereocenters. The maximum absolute atomic E-state index is 11.6. The first-order valence-electron chi connectivity index (χ1n) is 6.69. The van der Waals surface area contributed by atoms with E-state index in [9.17, 15) is 9.59 Å². The number of aliphatic carboxylic acids is 1. The summed E-state index contributed by atoms with van der Waals surface area (Å²) in [7, 11) is 0. The van der Waals surface area contributed by atoms with Crippen molar-refractivity contribution in [3.63, 3.8) is 0 Å². The SMILES string of the molecule is O=C(CCCCCc1cccs1)NC1(C(=O)O)CC1. The average Bonchev–Trinajstić information content (AvgIpc) is 2.97. The van der Waals surface area contributed by atoms with Crippen LogP contribution in [0.1, 0.15) is 43.4 Å². The molecule has 104 valence electrons. The van der Waals surface area contributed by atoms with Gasteiger partial charge in [-0.25, -0.2) is 4.79 Å². The zero-order chi connectivity index (χ0) is 13.7. The fraction of sp³-hybridized carbons (Fsp3) is 0.571. The Labute approximate surface area is 116 Å². The van der Waals surface area contributed by atoms with Crippen LogP contribution in [0.3, 0.4) is 0 Å². The molecule has 1 aliphatic rings. The minimum absolute atomic E-state index is 0.129. The molecule has 1 amide bonds. The highest BCUT2D eigenvalue weighted by Gasteiger charge is 2.51. The number of carbonyl (C=O) groups excluding carboxylic acids is 1. The number of thiophene rings is 1. The van der Waals surface area contributed by atoms with Crippen LogP contribution in [0.4, 0.5) is 0 Å². The predicted molar refractivity (Wildman–Crippen MR) is 74.2 cm³/mol. The van der Waals surface area contributed by atoms with Crippen LogP contribution in [-0.2, 0) is 16.0 Å². The summed E-state index contributed by atoms with van der Waals surface area (Å²) in [5.41, 5.74) is -0.936. The number of carboxylic acids is 1. The van der Waals surface area contributed by atoms with Crippen molar-refractivity contribution in [1.29, 1.82) is 0 Å². The Bertz CT molecular complexity index is 438. The molecule has 1 aromatic heterocycles. The summed E-state index contributed by atoms with van der Waals surface area (Å²) in [6.45, 7) is 0. The highest BCUT2D eigenvalue weighted by atomic mass is 32.1. The molecule has 2 N–H and O–H groups in total. The third-order valence-corrected chi connectivity index (χ3v) is 4.38. The number of amides is 1. The molecule has 19 heavy (non-hydrogen) atoms. The molecule has 0 aromatic carbocycles. The summed E-state index contributed by atoms with van der Waals surface area (Å²) in [4.78, 5) is 23.9. The summed E-state index contributed by atoms with van der Waals surface area (Å²) >= 11 is 1.76. The van der Waals surface area contributed by atoms with Gasteiger partial charge >= 0.3 is 5.97 Å². The Kier molecular flexibility index (Phi) is 4.58. The van der Waals surface area contributed by atoms with Gasteiger partial charge in [-0.1, -0.05) is 12.5 Å². The summed E-state index contributed by atoms with van der Waals surface area (Å²) in [5.74, 6) is -1.03. The summed E-state index contributed by atoms with van der Waals surface area (Å²) in [6, 6.07) is 4.18. The Balaban J connectivity index is 1.56. The molecule has 0 atom stereocenters. The third kappa shape index (κ3) is 4.06. The van der Waals surface area contributed by atoms with Gasteiger partial charge in [0.15, 0.2) is 0 Å². The van der Waals surface area contributed by atoms with Crippen molar-refractivity contribution in [3.8, 4) is 0 Å². The van der Waals surface area contributed by atoms with Gasteiger partial charge in [0.2, 0.25) is 5.91 Å². The van der Waals surface area contributed by atoms with Gasteiger partial charge in [-0.2, -0.15) is 0 Å². The fourth-order valence-corrected chi connectivity index (χ4v) is 2.81. The predicted octanol–water partition coefficient (Wildman–Crippen LogP) is 2.58. The lowest BCUT2D eigenvalue weighted by Gasteiger charge is -2.12. The van der Waals surface area contributed by atoms with Crippen LogP contribution >= 0.6 is 11.3 Å². The summed E-state index contributed by atoms with van der Waals surface area (Å²) < 4.78 is 0. The van der Waals surface area contributed by atoms with Crippen LogP contribution in [0, 0.1) is 0 Å². The first-order valence-corrected chi connectivity index (χ1v) is 7.57. The summed E-state index contributed by atoms with van der Waals surface area (Å²) in [5, 5.41) is 13.7. The monoisotopic (exact) mass is 281 g/mol. The number of nitrogens with one attached hydrogen (secondary N) is 1. The minimum atomic E-state index is -0.936. The molecule has 0 bridgehead atoms. The standard InChI is InChI=1S/C14H19NO3S/c16-12(15-14(8-9-14)13(17)18)7-3-1-2-5-11-6-4-10-19-11/h4,6,10H,1-3,5,7-9H2,(H,15,16)(H,17,18). The Morgan fingerprint density at radius 3 is 2.68 bits per heavy atom. The molecule has 1 fully saturated rings. The lowest BCUT2D eigenvalue weighted by molar-refractivity contribution is -0.143. The molecule has 1 aliphatic carbocycles. The van der Waals surface area contributed by atoms with E-state index in [1.807, 2.05) is 0 Å². The quantitative estimate of drug-likeness (QED) is 0.720. The van der Waals surface area contributed by atoms with Gasteiger partial charge in [0.1, 0.15) is 5.54 Å². The van der Waals surface area contributed by atoms with Crippen molar-refractivity contribution in [1.82, 2.24) is 5.32 Å². The Morgan fingerprint density at radius 2 is 2.11 bits per heavy atom. The van der Waals surface area contributed by atoms with Gasteiger partial charge < -0.3 is 10.4 Å². The number of carboxylic acid groups (broad SMARTS) is 1. The second-order valence-electron chi connectivity index (χ2n) is 5.08. The first-order chi connectivity index (χ1) is 9.12. The summed E-state index contributed by atoms with van der Waals surface area (Å²) in [6.07, 6.45) is 5.53. The van der Waals surface area contributed by atoms with E-state index in [0.29, 0.717) is 19.3 Å². The van der Waals surface area contributed by atoms with Gasteiger partial charge in [0, 0.05) is 11.3 Å². The molecule has 1 saturated carbocycles. The van der Waals surface area contributed by atoms with Crippen molar-refractivity contribution in [3.05, 3.63) is 22.4 Å². The zero-order valence-electron chi connectivity index (χ0n) is 10.9. The van der Waals surface area contributed by atoms with Gasteiger partial charge in [-0.05, 0) is 43.6 Å². The zero-order valence-corrected chi connectivity index (χ0v) is 11.7. The van der Waals surface area contributed by atoms with E-state index in [2.05, 4.69) is 22.8 Å². The van der Waals surface area contributed by atoms with E-state index in [0.717, 1.165) is 25.7 Å². The van der Waals surface area contributed by atoms with Crippen molar-refractivity contribution in [2.45, 2.75) is 50.5 Å². The average molecular weight is 281 g/mol. The highest BCUT2D eigenvalue weighted by molar-refractivity contribution is 7.09. The molecule has 5 heteroatoms. The van der Waals surface area contributed by atoms with Crippen LogP contribution in [0.25, 0.3) is 0 Å². The van der Waals surface area contributed by atoms with E-state index in [1.54, 1.807) is 11.3 Å². The second-order valence-corrected chi connectivity index (χ2v) is 6.11. The van der Waals surface area contributed by atoms with Gasteiger partial charge in [-0.15, -0.1) is 11.3 Å². The molecule has 0 radical (unpaired) electrons. The molecule has 1 heterocycles. The van der Waals surface area contributed by atoms with Gasteiger partial charge in [0.25, 0.3) is 0 Å². The van der Waals surface area contributed by atoms with Crippen molar-refractivity contribution >= 4 is 23.2 Å². The lowest BCUT2D eigenvalue weighted by atomic mass is 10.1. The number of rotatable bonds is 8. The molecule has 0 spiro atoms. The van der Waals surface area contributed by atoms with E-state index in [4.69, 9.17) is 5.11 Å². The molecule has 4 nitrogen and oxygen atoms in total. The number of carbonyl (C=O) groups is 2. The third-order valence-electron chi connectivity index (χ3n) is 3.45. The molecular weight excluding hydrogens is 262 g/mol. The largest absolute Gasteiger partial charge is 0.480 e. The van der Waals surface area contributed by atoms with Gasteiger partial charge in [0.05, 0.1) is 0 Å². The van der Waals surface area contributed by atoms with Crippen molar-refractivity contribution < 1.29 is 14.7 Å². The number of hydrogen-bond donors (Lipinski definition) is 2. The van der Waals surface area contributed by atoms with Crippen LogP contribution in [0.2, 0.25) is 0 Å². The fourth-order valence-electron chi connectivity index (χ4n) is 2.06. The lowest BCUT2D eigenvalue weighted by Crippen LogP contribution is -2.42. The van der Waals surface area contributed by atoms with Crippen molar-refractivity contribution in [2.24, 2.45) is 0 Å². The van der Waals surface area contributed by atoms with Crippen molar-refractivity contribution in [2.75, 3.05) is 0 Å².